The van der Waals surface area contributed by atoms with Crippen LogP contribution in [0.5, 0.6) is 0 Å². The van der Waals surface area contributed by atoms with E-state index in [0.29, 0.717) is 0 Å². The summed E-state index contributed by atoms with van der Waals surface area (Å²) in [4.78, 5) is 4.22. The highest BCUT2D eigenvalue weighted by atomic mass is 32.1. The number of hydrogen-bond acceptors (Lipinski definition) is 4. The quantitative estimate of drug-likeness (QED) is 0.776. The lowest BCUT2D eigenvalue weighted by atomic mass is 10.2. The van der Waals surface area contributed by atoms with Crippen LogP contribution in [0.15, 0.2) is 35.8 Å². The van der Waals surface area contributed by atoms with Gasteiger partial charge in [0, 0.05) is 24.5 Å². The van der Waals surface area contributed by atoms with Crippen molar-refractivity contribution >= 4 is 22.7 Å². The summed E-state index contributed by atoms with van der Waals surface area (Å²) in [5, 5.41) is 6.44. The summed E-state index contributed by atoms with van der Waals surface area (Å²) < 4.78 is 0. The normalized spacial score (nSPS) is 10.1. The highest BCUT2D eigenvalue weighted by Crippen LogP contribution is 2.16. The van der Waals surface area contributed by atoms with Crippen LogP contribution in [0.25, 0.3) is 0 Å². The van der Waals surface area contributed by atoms with Crippen LogP contribution in [0.1, 0.15) is 5.01 Å². The fourth-order valence-electron chi connectivity index (χ4n) is 1.34. The van der Waals surface area contributed by atoms with Crippen molar-refractivity contribution in [1.82, 2.24) is 4.98 Å². The third-order valence-electron chi connectivity index (χ3n) is 2.10. The highest BCUT2D eigenvalue weighted by molar-refractivity contribution is 7.09. The number of nitrogens with zero attached hydrogens (tertiary/aromatic N) is 1. The first kappa shape index (κ1) is 9.98. The fourth-order valence-corrected chi connectivity index (χ4v) is 1.96. The summed E-state index contributed by atoms with van der Waals surface area (Å²) in [5.74, 6) is 0. The molecule has 0 spiro atoms. The Hall–Kier alpha value is -1.55. The van der Waals surface area contributed by atoms with Crippen LogP contribution in [-0.2, 0) is 6.42 Å². The average molecular weight is 219 g/mol. The zero-order chi connectivity index (χ0) is 10.5. The molecule has 0 aliphatic rings. The van der Waals surface area contributed by atoms with E-state index in [1.165, 1.54) is 0 Å². The predicted molar refractivity (Wildman–Crippen MR) is 65.2 cm³/mol. The molecule has 0 aliphatic carbocycles. The minimum Gasteiger partial charge on any atom is -0.397 e. The minimum absolute atomic E-state index is 0.789. The molecule has 0 unspecified atom stereocenters. The van der Waals surface area contributed by atoms with Gasteiger partial charge in [0.2, 0.25) is 0 Å². The Bertz CT molecular complexity index is 412. The fraction of sp³-hybridized carbons (Fsp3) is 0.182. The molecule has 0 bridgehead atoms. The van der Waals surface area contributed by atoms with Crippen molar-refractivity contribution in [1.29, 1.82) is 0 Å². The smallest absolute Gasteiger partial charge is 0.0942 e. The van der Waals surface area contributed by atoms with Crippen LogP contribution in [0.2, 0.25) is 0 Å². The van der Waals surface area contributed by atoms with Gasteiger partial charge in [-0.15, -0.1) is 11.3 Å². The number of hydrogen-bond donors (Lipinski definition) is 2. The Morgan fingerprint density at radius 1 is 1.33 bits per heavy atom. The highest BCUT2D eigenvalue weighted by Gasteiger charge is 1.98. The molecule has 78 valence electrons. The standard InChI is InChI=1S/C11H13N3S/c12-9-3-1-2-4-10(9)13-6-5-11-14-7-8-15-11/h1-4,7-8,13H,5-6,12H2. The van der Waals surface area contributed by atoms with Gasteiger partial charge in [-0.05, 0) is 12.1 Å². The van der Waals surface area contributed by atoms with Crippen LogP contribution in [0, 0.1) is 0 Å². The number of aromatic nitrogens is 1. The first-order valence-electron chi connectivity index (χ1n) is 4.83. The number of benzene rings is 1. The summed E-state index contributed by atoms with van der Waals surface area (Å²) >= 11 is 1.68. The van der Waals surface area contributed by atoms with E-state index in [9.17, 15) is 0 Å². The number of thiazole rings is 1. The lowest BCUT2D eigenvalue weighted by Gasteiger charge is -2.07. The van der Waals surface area contributed by atoms with E-state index in [1.54, 1.807) is 11.3 Å². The first-order chi connectivity index (χ1) is 7.36. The molecule has 0 saturated carbocycles. The second-order valence-corrected chi connectivity index (χ2v) is 4.17. The number of rotatable bonds is 4. The van der Waals surface area contributed by atoms with Crippen molar-refractivity contribution in [3.8, 4) is 0 Å². The molecule has 0 fully saturated rings. The van der Waals surface area contributed by atoms with Crippen LogP contribution in [0.4, 0.5) is 11.4 Å². The third-order valence-corrected chi connectivity index (χ3v) is 2.94. The number of nitrogens with one attached hydrogen (secondary N) is 1. The summed E-state index contributed by atoms with van der Waals surface area (Å²) in [6.07, 6.45) is 2.77. The molecular weight excluding hydrogens is 206 g/mol. The van der Waals surface area contributed by atoms with Gasteiger partial charge in [0.15, 0.2) is 0 Å². The SMILES string of the molecule is Nc1ccccc1NCCc1nccs1. The van der Waals surface area contributed by atoms with Gasteiger partial charge in [0.05, 0.1) is 16.4 Å². The van der Waals surface area contributed by atoms with Gasteiger partial charge in [0.25, 0.3) is 0 Å². The second-order valence-electron chi connectivity index (χ2n) is 3.19. The van der Waals surface area contributed by atoms with E-state index in [2.05, 4.69) is 10.3 Å². The molecule has 0 saturated heterocycles. The van der Waals surface area contributed by atoms with E-state index in [-0.39, 0.29) is 0 Å². The monoisotopic (exact) mass is 219 g/mol. The molecule has 2 rings (SSSR count). The zero-order valence-electron chi connectivity index (χ0n) is 8.31. The van der Waals surface area contributed by atoms with Crippen molar-refractivity contribution < 1.29 is 0 Å². The van der Waals surface area contributed by atoms with Crippen molar-refractivity contribution in [3.63, 3.8) is 0 Å². The molecule has 15 heavy (non-hydrogen) atoms. The van der Waals surface area contributed by atoms with Gasteiger partial charge in [-0.1, -0.05) is 12.1 Å². The van der Waals surface area contributed by atoms with Gasteiger partial charge >= 0.3 is 0 Å². The lowest BCUT2D eigenvalue weighted by molar-refractivity contribution is 0.999. The molecular formula is C11H13N3S. The molecule has 0 amide bonds. The van der Waals surface area contributed by atoms with E-state index < -0.39 is 0 Å². The predicted octanol–water partition coefficient (Wildman–Crippen LogP) is 2.38. The topological polar surface area (TPSA) is 50.9 Å². The molecule has 1 heterocycles. The molecule has 0 atom stereocenters. The third kappa shape index (κ3) is 2.70. The number of nitrogens with two attached hydrogens (primary N) is 1. The van der Waals surface area contributed by atoms with Crippen molar-refractivity contribution in [2.75, 3.05) is 17.6 Å². The Morgan fingerprint density at radius 3 is 2.93 bits per heavy atom. The maximum atomic E-state index is 5.80. The van der Waals surface area contributed by atoms with Crippen molar-refractivity contribution in [2.24, 2.45) is 0 Å². The second kappa shape index (κ2) is 4.79. The maximum Gasteiger partial charge on any atom is 0.0942 e. The van der Waals surface area contributed by atoms with Gasteiger partial charge in [0.1, 0.15) is 0 Å². The molecule has 3 nitrogen and oxygen atoms in total. The number of para-hydroxylation sites is 2. The minimum atomic E-state index is 0.789. The maximum absolute atomic E-state index is 5.80. The molecule has 1 aromatic heterocycles. The van der Waals surface area contributed by atoms with E-state index in [4.69, 9.17) is 5.73 Å². The van der Waals surface area contributed by atoms with Crippen molar-refractivity contribution in [2.45, 2.75) is 6.42 Å². The van der Waals surface area contributed by atoms with Crippen LogP contribution < -0.4 is 11.1 Å². The average Bonchev–Trinajstić information content (AvgIpc) is 2.74. The summed E-state index contributed by atoms with van der Waals surface area (Å²) in [5.41, 5.74) is 7.59. The Kier molecular flexibility index (Phi) is 3.19. The lowest BCUT2D eigenvalue weighted by Crippen LogP contribution is -2.06. The molecule has 2 aromatic rings. The zero-order valence-corrected chi connectivity index (χ0v) is 9.13. The van der Waals surface area contributed by atoms with Gasteiger partial charge in [-0.3, -0.25) is 0 Å². The number of anilines is 2. The summed E-state index contributed by atoms with van der Waals surface area (Å²) in [6.45, 7) is 0.863. The van der Waals surface area contributed by atoms with Crippen LogP contribution in [-0.4, -0.2) is 11.5 Å². The first-order valence-corrected chi connectivity index (χ1v) is 5.71. The van der Waals surface area contributed by atoms with Gasteiger partial charge < -0.3 is 11.1 Å². The molecule has 1 aromatic carbocycles. The van der Waals surface area contributed by atoms with Gasteiger partial charge in [-0.25, -0.2) is 4.98 Å². The van der Waals surface area contributed by atoms with E-state index in [0.717, 1.165) is 29.3 Å². The van der Waals surface area contributed by atoms with E-state index >= 15 is 0 Å². The molecule has 3 N–H and O–H groups in total. The van der Waals surface area contributed by atoms with E-state index in [1.807, 2.05) is 35.8 Å². The van der Waals surface area contributed by atoms with Gasteiger partial charge in [-0.2, -0.15) is 0 Å². The van der Waals surface area contributed by atoms with Crippen LogP contribution >= 0.6 is 11.3 Å². The summed E-state index contributed by atoms with van der Waals surface area (Å²) in [6, 6.07) is 7.78. The Labute approximate surface area is 93.0 Å². The Balaban J connectivity index is 1.86. The largest absolute Gasteiger partial charge is 0.397 e. The summed E-state index contributed by atoms with van der Waals surface area (Å²) in [7, 11) is 0. The Morgan fingerprint density at radius 2 is 2.20 bits per heavy atom. The van der Waals surface area contributed by atoms with Crippen LogP contribution in [0.3, 0.4) is 0 Å². The molecule has 0 aliphatic heterocycles. The van der Waals surface area contributed by atoms with Crippen molar-refractivity contribution in [3.05, 3.63) is 40.8 Å². The molecule has 0 radical (unpaired) electrons. The number of nitrogen functional groups attached to an aromatic ring is 1. The molecule has 4 heteroatoms.